The monoisotopic (exact) mass is 212 g/mol. The summed E-state index contributed by atoms with van der Waals surface area (Å²) in [5.41, 5.74) is 0. The maximum Gasteiger partial charge on any atom is 0.0991 e. The third-order valence-corrected chi connectivity index (χ3v) is 3.42. The van der Waals surface area contributed by atoms with E-state index in [2.05, 4.69) is 4.90 Å². The zero-order valence-corrected chi connectivity index (χ0v) is 9.11. The number of amidine groups is 1. The number of nitrogens with one attached hydrogen (secondary N) is 1. The summed E-state index contributed by atoms with van der Waals surface area (Å²) in [5, 5.41) is 17.2. The van der Waals surface area contributed by atoms with Gasteiger partial charge in [0.25, 0.3) is 0 Å². The first-order valence-electron chi connectivity index (χ1n) is 5.87. The molecule has 15 heavy (non-hydrogen) atoms. The summed E-state index contributed by atoms with van der Waals surface area (Å²) in [6.45, 7) is 2.20. The highest BCUT2D eigenvalue weighted by molar-refractivity contribution is 5.82. The summed E-state index contributed by atoms with van der Waals surface area (Å²) < 4.78 is 5.38. The smallest absolute Gasteiger partial charge is 0.0991 e. The fourth-order valence-corrected chi connectivity index (χ4v) is 2.51. The first-order valence-corrected chi connectivity index (χ1v) is 5.87. The third-order valence-electron chi connectivity index (χ3n) is 3.42. The lowest BCUT2D eigenvalue weighted by atomic mass is 10.1. The number of hydrogen-bond donors (Lipinski definition) is 2. The van der Waals surface area contributed by atoms with Gasteiger partial charge in [0.15, 0.2) is 0 Å². The van der Waals surface area contributed by atoms with Crippen molar-refractivity contribution >= 4 is 5.84 Å². The predicted molar refractivity (Wildman–Crippen MR) is 58.1 cm³/mol. The molecule has 2 rings (SSSR count). The van der Waals surface area contributed by atoms with Crippen LogP contribution in [0.1, 0.15) is 25.7 Å². The zero-order chi connectivity index (χ0) is 10.7. The second kappa shape index (κ2) is 4.94. The second-order valence-electron chi connectivity index (χ2n) is 4.49. The van der Waals surface area contributed by atoms with Crippen LogP contribution in [0.15, 0.2) is 0 Å². The van der Waals surface area contributed by atoms with Crippen LogP contribution in [0.25, 0.3) is 0 Å². The van der Waals surface area contributed by atoms with Gasteiger partial charge in [0.1, 0.15) is 0 Å². The average Bonchev–Trinajstić information content (AvgIpc) is 2.81. The standard InChI is InChI=1S/C11H20N2O2/c12-11(9-3-1-2-4-9)13-5-6-15-10(7-13)8-14/h9-10,12,14H,1-8H2. The Morgan fingerprint density at radius 1 is 1.40 bits per heavy atom. The van der Waals surface area contributed by atoms with E-state index in [0.717, 1.165) is 12.4 Å². The third kappa shape index (κ3) is 2.49. The Labute approximate surface area is 90.7 Å². The average molecular weight is 212 g/mol. The number of hydrogen-bond acceptors (Lipinski definition) is 3. The van der Waals surface area contributed by atoms with Gasteiger partial charge in [0, 0.05) is 19.0 Å². The highest BCUT2D eigenvalue weighted by Gasteiger charge is 2.27. The molecule has 0 spiro atoms. The summed E-state index contributed by atoms with van der Waals surface area (Å²) in [6, 6.07) is 0. The van der Waals surface area contributed by atoms with Crippen LogP contribution in [-0.2, 0) is 4.74 Å². The van der Waals surface area contributed by atoms with E-state index in [-0.39, 0.29) is 12.7 Å². The van der Waals surface area contributed by atoms with Gasteiger partial charge in [-0.15, -0.1) is 0 Å². The van der Waals surface area contributed by atoms with Crippen LogP contribution in [0.2, 0.25) is 0 Å². The number of aliphatic hydroxyl groups excluding tert-OH is 1. The Morgan fingerprint density at radius 2 is 2.13 bits per heavy atom. The molecule has 0 amide bonds. The van der Waals surface area contributed by atoms with Crippen molar-refractivity contribution in [3.05, 3.63) is 0 Å². The van der Waals surface area contributed by atoms with E-state index in [1.807, 2.05) is 0 Å². The van der Waals surface area contributed by atoms with E-state index >= 15 is 0 Å². The van der Waals surface area contributed by atoms with Crippen LogP contribution >= 0.6 is 0 Å². The minimum absolute atomic E-state index is 0.0639. The van der Waals surface area contributed by atoms with Gasteiger partial charge in [-0.2, -0.15) is 0 Å². The van der Waals surface area contributed by atoms with Crippen LogP contribution in [0.5, 0.6) is 0 Å². The van der Waals surface area contributed by atoms with E-state index < -0.39 is 0 Å². The molecule has 1 unspecified atom stereocenters. The van der Waals surface area contributed by atoms with E-state index in [0.29, 0.717) is 19.1 Å². The number of nitrogens with zero attached hydrogens (tertiary/aromatic N) is 1. The second-order valence-corrected chi connectivity index (χ2v) is 4.49. The number of aliphatic hydroxyl groups is 1. The molecule has 4 nitrogen and oxygen atoms in total. The molecule has 2 aliphatic rings. The first kappa shape index (κ1) is 10.9. The van der Waals surface area contributed by atoms with Gasteiger partial charge >= 0.3 is 0 Å². The molecule has 0 aromatic heterocycles. The normalized spacial score (nSPS) is 28.3. The van der Waals surface area contributed by atoms with Crippen LogP contribution in [0, 0.1) is 11.3 Å². The highest BCUT2D eigenvalue weighted by Crippen LogP contribution is 2.27. The molecule has 0 radical (unpaired) electrons. The Morgan fingerprint density at radius 3 is 2.80 bits per heavy atom. The largest absolute Gasteiger partial charge is 0.394 e. The number of rotatable bonds is 2. The van der Waals surface area contributed by atoms with Crippen molar-refractivity contribution in [1.29, 1.82) is 5.41 Å². The Kier molecular flexibility index (Phi) is 3.59. The molecule has 1 heterocycles. The van der Waals surface area contributed by atoms with Gasteiger partial charge < -0.3 is 14.7 Å². The molecular formula is C11H20N2O2. The van der Waals surface area contributed by atoms with Crippen LogP contribution in [0.3, 0.4) is 0 Å². The zero-order valence-electron chi connectivity index (χ0n) is 9.11. The molecule has 0 aromatic carbocycles. The van der Waals surface area contributed by atoms with Crippen molar-refractivity contribution in [2.75, 3.05) is 26.3 Å². The molecule has 1 saturated carbocycles. The molecule has 1 aliphatic carbocycles. The van der Waals surface area contributed by atoms with Crippen molar-refractivity contribution in [3.8, 4) is 0 Å². The lowest BCUT2D eigenvalue weighted by Gasteiger charge is -2.35. The Bertz CT molecular complexity index is 227. The molecule has 0 bridgehead atoms. The maximum absolute atomic E-state index is 9.03. The van der Waals surface area contributed by atoms with Gasteiger partial charge in [-0.05, 0) is 12.8 Å². The van der Waals surface area contributed by atoms with Gasteiger partial charge in [-0.3, -0.25) is 5.41 Å². The fraction of sp³-hybridized carbons (Fsp3) is 0.909. The summed E-state index contributed by atoms with van der Waals surface area (Å²) in [4.78, 5) is 2.08. The van der Waals surface area contributed by atoms with Gasteiger partial charge in [0.2, 0.25) is 0 Å². The molecule has 1 aliphatic heterocycles. The van der Waals surface area contributed by atoms with Crippen molar-refractivity contribution in [3.63, 3.8) is 0 Å². The molecule has 0 aromatic rings. The van der Waals surface area contributed by atoms with Gasteiger partial charge in [0.05, 0.1) is 25.2 Å². The van der Waals surface area contributed by atoms with Crippen LogP contribution in [-0.4, -0.2) is 48.2 Å². The summed E-state index contributed by atoms with van der Waals surface area (Å²) in [7, 11) is 0. The lowest BCUT2D eigenvalue weighted by molar-refractivity contribution is -0.0353. The topological polar surface area (TPSA) is 56.6 Å². The number of morpholine rings is 1. The van der Waals surface area contributed by atoms with Crippen molar-refractivity contribution in [1.82, 2.24) is 4.90 Å². The molecule has 2 N–H and O–H groups in total. The van der Waals surface area contributed by atoms with E-state index in [1.165, 1.54) is 25.7 Å². The molecule has 4 heteroatoms. The van der Waals surface area contributed by atoms with Crippen LogP contribution < -0.4 is 0 Å². The van der Waals surface area contributed by atoms with Crippen molar-refractivity contribution < 1.29 is 9.84 Å². The number of ether oxygens (including phenoxy) is 1. The summed E-state index contributed by atoms with van der Waals surface area (Å²) >= 11 is 0. The quantitative estimate of drug-likeness (QED) is 0.527. The Hall–Kier alpha value is -0.610. The minimum atomic E-state index is -0.0968. The predicted octanol–water partition coefficient (Wildman–Crippen LogP) is 0.847. The first-order chi connectivity index (χ1) is 7.31. The minimum Gasteiger partial charge on any atom is -0.394 e. The van der Waals surface area contributed by atoms with E-state index in [1.54, 1.807) is 0 Å². The van der Waals surface area contributed by atoms with E-state index in [9.17, 15) is 0 Å². The molecular weight excluding hydrogens is 192 g/mol. The molecule has 86 valence electrons. The SMILES string of the molecule is N=C(C1CCCC1)N1CCOC(CO)C1. The summed E-state index contributed by atoms with van der Waals surface area (Å²) in [5.74, 6) is 1.23. The Balaban J connectivity index is 1.88. The van der Waals surface area contributed by atoms with Gasteiger partial charge in [-0.1, -0.05) is 12.8 Å². The lowest BCUT2D eigenvalue weighted by Crippen LogP contribution is -2.48. The van der Waals surface area contributed by atoms with Crippen molar-refractivity contribution in [2.24, 2.45) is 5.92 Å². The fourth-order valence-electron chi connectivity index (χ4n) is 2.51. The molecule has 1 saturated heterocycles. The molecule has 2 fully saturated rings. The summed E-state index contributed by atoms with van der Waals surface area (Å²) in [6.07, 6.45) is 4.77. The highest BCUT2D eigenvalue weighted by atomic mass is 16.5. The molecule has 1 atom stereocenters. The van der Waals surface area contributed by atoms with E-state index in [4.69, 9.17) is 15.3 Å². The van der Waals surface area contributed by atoms with Gasteiger partial charge in [-0.25, -0.2) is 0 Å². The maximum atomic E-state index is 9.03. The van der Waals surface area contributed by atoms with Crippen LogP contribution in [0.4, 0.5) is 0 Å². The van der Waals surface area contributed by atoms with Crippen molar-refractivity contribution in [2.45, 2.75) is 31.8 Å².